The normalized spacial score (nSPS) is 25.0. The van der Waals surface area contributed by atoms with Gasteiger partial charge in [-0.3, -0.25) is 4.90 Å². The first-order valence-corrected chi connectivity index (χ1v) is 11.2. The van der Waals surface area contributed by atoms with Crippen LogP contribution in [0.3, 0.4) is 0 Å². The van der Waals surface area contributed by atoms with Crippen LogP contribution in [0.15, 0.2) is 60.8 Å². The first-order chi connectivity index (χ1) is 15.6. The minimum atomic E-state index is -0.989. The van der Waals surface area contributed by atoms with Gasteiger partial charge in [0.15, 0.2) is 0 Å². The number of methoxy groups -OCH3 is 2. The highest BCUT2D eigenvalue weighted by Crippen LogP contribution is 2.48. The molecule has 3 aromatic rings. The van der Waals surface area contributed by atoms with Crippen LogP contribution < -0.4 is 9.47 Å². The van der Waals surface area contributed by atoms with Crippen LogP contribution in [0.2, 0.25) is 0 Å². The predicted octanol–water partition coefficient (Wildman–Crippen LogP) is 4.18. The van der Waals surface area contributed by atoms with E-state index in [1.54, 1.807) is 13.3 Å². The van der Waals surface area contributed by atoms with Crippen molar-refractivity contribution >= 4 is 0 Å². The number of ether oxygens (including phenoxy) is 2. The van der Waals surface area contributed by atoms with Crippen molar-refractivity contribution in [2.45, 2.75) is 49.9 Å². The largest absolute Gasteiger partial charge is 0.481 e. The zero-order chi connectivity index (χ0) is 22.1. The fraction of sp³-hybridized carbons (Fsp3) is 0.385. The second-order valence-electron chi connectivity index (χ2n) is 8.84. The number of aliphatic hydroxyl groups is 1. The van der Waals surface area contributed by atoms with E-state index in [-0.39, 0.29) is 6.01 Å². The maximum absolute atomic E-state index is 11.6. The number of hydrogen-bond donors (Lipinski definition) is 1. The highest BCUT2D eigenvalue weighted by Gasteiger charge is 2.49. The molecule has 6 nitrogen and oxygen atoms in total. The molecule has 6 heteroatoms. The summed E-state index contributed by atoms with van der Waals surface area (Å²) < 4.78 is 10.6. The zero-order valence-corrected chi connectivity index (χ0v) is 18.6. The van der Waals surface area contributed by atoms with Gasteiger partial charge in [0.2, 0.25) is 5.88 Å². The highest BCUT2D eigenvalue weighted by atomic mass is 16.5. The van der Waals surface area contributed by atoms with E-state index in [1.807, 2.05) is 6.07 Å². The van der Waals surface area contributed by atoms with Crippen molar-refractivity contribution in [2.75, 3.05) is 14.2 Å². The number of nitrogens with zero attached hydrogens (tertiary/aromatic N) is 3. The van der Waals surface area contributed by atoms with Gasteiger partial charge in [0.05, 0.1) is 25.4 Å². The number of benzene rings is 2. The van der Waals surface area contributed by atoms with Gasteiger partial charge in [-0.15, -0.1) is 0 Å². The molecular weight excluding hydrogens is 402 g/mol. The van der Waals surface area contributed by atoms with Gasteiger partial charge < -0.3 is 14.6 Å². The van der Waals surface area contributed by atoms with Crippen LogP contribution in [-0.2, 0) is 12.1 Å². The Balaban J connectivity index is 1.32. The van der Waals surface area contributed by atoms with E-state index in [9.17, 15) is 5.11 Å². The number of fused-ring (bicyclic) bond motifs is 2. The minimum absolute atomic E-state index is 0.244. The van der Waals surface area contributed by atoms with E-state index in [0.29, 0.717) is 36.4 Å². The van der Waals surface area contributed by atoms with Crippen LogP contribution in [0, 0.1) is 0 Å². The molecule has 0 radical (unpaired) electrons. The van der Waals surface area contributed by atoms with Crippen molar-refractivity contribution in [1.82, 2.24) is 14.9 Å². The third kappa shape index (κ3) is 3.85. The highest BCUT2D eigenvalue weighted by molar-refractivity contribution is 5.63. The third-order valence-electron chi connectivity index (χ3n) is 6.95. The minimum Gasteiger partial charge on any atom is -0.481 e. The van der Waals surface area contributed by atoms with E-state index in [4.69, 9.17) is 9.47 Å². The molecule has 2 saturated heterocycles. The van der Waals surface area contributed by atoms with Crippen LogP contribution in [0.4, 0.5) is 0 Å². The Hall–Kier alpha value is -2.96. The summed E-state index contributed by atoms with van der Waals surface area (Å²) in [5.41, 5.74) is 3.44. The predicted molar refractivity (Wildman–Crippen MR) is 122 cm³/mol. The van der Waals surface area contributed by atoms with Crippen LogP contribution >= 0.6 is 0 Å². The van der Waals surface area contributed by atoms with Crippen molar-refractivity contribution in [3.8, 4) is 23.0 Å². The average molecular weight is 432 g/mol. The molecule has 2 aliphatic heterocycles. The van der Waals surface area contributed by atoms with Gasteiger partial charge in [0, 0.05) is 24.8 Å². The topological polar surface area (TPSA) is 67.7 Å². The Bertz CT molecular complexity index is 1060. The van der Waals surface area contributed by atoms with Gasteiger partial charge in [-0.05, 0) is 42.4 Å². The number of hydrogen-bond acceptors (Lipinski definition) is 6. The average Bonchev–Trinajstić information content (AvgIpc) is 3.08. The lowest BCUT2D eigenvalue weighted by Crippen LogP contribution is -2.49. The molecule has 166 valence electrons. The quantitative estimate of drug-likeness (QED) is 0.632. The lowest BCUT2D eigenvalue weighted by molar-refractivity contribution is -0.0612. The summed E-state index contributed by atoms with van der Waals surface area (Å²) in [6.07, 6.45) is 5.14. The Morgan fingerprint density at radius 1 is 0.938 bits per heavy atom. The number of piperidine rings is 1. The van der Waals surface area contributed by atoms with E-state index in [2.05, 4.69) is 63.4 Å². The van der Waals surface area contributed by atoms with Gasteiger partial charge in [-0.2, -0.15) is 4.98 Å². The van der Waals surface area contributed by atoms with E-state index in [1.165, 1.54) is 23.8 Å². The molecule has 2 aromatic carbocycles. The molecule has 1 N–H and O–H groups in total. The molecule has 2 fully saturated rings. The van der Waals surface area contributed by atoms with Gasteiger partial charge in [0.25, 0.3) is 0 Å². The van der Waals surface area contributed by atoms with Crippen molar-refractivity contribution in [3.05, 3.63) is 71.9 Å². The van der Waals surface area contributed by atoms with Crippen LogP contribution in [0.5, 0.6) is 11.9 Å². The molecule has 0 aliphatic carbocycles. The fourth-order valence-corrected chi connectivity index (χ4v) is 5.36. The SMILES string of the molecule is COc1ncc(C2(O)CC3CCC(C2)N3Cc2ccc(-c3ccccc3)cc2)c(OC)n1. The van der Waals surface area contributed by atoms with Crippen molar-refractivity contribution in [3.63, 3.8) is 0 Å². The molecule has 2 bridgehead atoms. The Morgan fingerprint density at radius 2 is 1.59 bits per heavy atom. The summed E-state index contributed by atoms with van der Waals surface area (Å²) >= 11 is 0. The van der Waals surface area contributed by atoms with Gasteiger partial charge >= 0.3 is 6.01 Å². The summed E-state index contributed by atoms with van der Waals surface area (Å²) in [5.74, 6) is 0.392. The Morgan fingerprint density at radius 3 is 2.22 bits per heavy atom. The summed E-state index contributed by atoms with van der Waals surface area (Å²) in [4.78, 5) is 11.1. The second-order valence-corrected chi connectivity index (χ2v) is 8.84. The molecule has 3 heterocycles. The Labute approximate surface area is 188 Å². The maximum atomic E-state index is 11.6. The van der Waals surface area contributed by atoms with E-state index < -0.39 is 5.60 Å². The van der Waals surface area contributed by atoms with Gasteiger partial charge in [0.1, 0.15) is 0 Å². The van der Waals surface area contributed by atoms with E-state index >= 15 is 0 Å². The van der Waals surface area contributed by atoms with Crippen molar-refractivity contribution in [1.29, 1.82) is 0 Å². The monoisotopic (exact) mass is 431 g/mol. The fourth-order valence-electron chi connectivity index (χ4n) is 5.36. The molecule has 0 saturated carbocycles. The number of rotatable bonds is 6. The smallest absolute Gasteiger partial charge is 0.319 e. The molecule has 2 aliphatic rings. The molecule has 32 heavy (non-hydrogen) atoms. The molecule has 5 rings (SSSR count). The molecular formula is C26H29N3O3. The standard InChI is InChI=1S/C26H29N3O3/c1-31-24-23(16-27-25(28-24)32-2)26(30)14-21-12-13-22(15-26)29(21)17-18-8-10-20(11-9-18)19-6-4-3-5-7-19/h3-11,16,21-22,30H,12-15,17H2,1-2H3. The lowest BCUT2D eigenvalue weighted by Gasteiger charge is -2.44. The molecule has 2 unspecified atom stereocenters. The first kappa shape index (κ1) is 20.9. The van der Waals surface area contributed by atoms with Crippen molar-refractivity contribution < 1.29 is 14.6 Å². The number of aromatic nitrogens is 2. The molecule has 0 spiro atoms. The Kier molecular flexibility index (Phi) is 5.57. The van der Waals surface area contributed by atoms with Crippen LogP contribution in [0.25, 0.3) is 11.1 Å². The molecule has 2 atom stereocenters. The summed E-state index contributed by atoms with van der Waals surface area (Å²) in [6.45, 7) is 0.900. The van der Waals surface area contributed by atoms with Gasteiger partial charge in [-0.25, -0.2) is 4.98 Å². The maximum Gasteiger partial charge on any atom is 0.319 e. The lowest BCUT2D eigenvalue weighted by atomic mass is 9.81. The van der Waals surface area contributed by atoms with Crippen molar-refractivity contribution in [2.24, 2.45) is 0 Å². The molecule has 0 amide bonds. The van der Waals surface area contributed by atoms with E-state index in [0.717, 1.165) is 19.4 Å². The summed E-state index contributed by atoms with van der Waals surface area (Å²) in [6, 6.07) is 20.2. The summed E-state index contributed by atoms with van der Waals surface area (Å²) in [7, 11) is 3.09. The molecule has 1 aromatic heterocycles. The zero-order valence-electron chi connectivity index (χ0n) is 18.6. The third-order valence-corrected chi connectivity index (χ3v) is 6.95. The van der Waals surface area contributed by atoms with Crippen LogP contribution in [0.1, 0.15) is 36.8 Å². The van der Waals surface area contributed by atoms with Crippen LogP contribution in [-0.4, -0.2) is 46.3 Å². The summed E-state index contributed by atoms with van der Waals surface area (Å²) in [5, 5.41) is 11.6. The second kappa shape index (κ2) is 8.52. The van der Waals surface area contributed by atoms with Gasteiger partial charge in [-0.1, -0.05) is 54.6 Å². The first-order valence-electron chi connectivity index (χ1n) is 11.2.